The van der Waals surface area contributed by atoms with Crippen LogP contribution in [0.2, 0.25) is 0 Å². The van der Waals surface area contributed by atoms with Crippen molar-refractivity contribution >= 4 is 11.9 Å². The molecule has 0 rings (SSSR count). The van der Waals surface area contributed by atoms with Crippen molar-refractivity contribution < 1.29 is 14.7 Å². The minimum absolute atomic E-state index is 0.181. The third kappa shape index (κ3) is 3.06. The van der Waals surface area contributed by atoms with Crippen molar-refractivity contribution in [1.82, 2.24) is 5.32 Å². The summed E-state index contributed by atoms with van der Waals surface area (Å²) in [5.74, 6) is -0.162. The van der Waals surface area contributed by atoms with Crippen LogP contribution in [-0.4, -0.2) is 23.0 Å². The fourth-order valence-corrected chi connectivity index (χ4v) is 0.696. The molecule has 0 saturated carbocycles. The van der Waals surface area contributed by atoms with Crippen LogP contribution in [0.5, 0.6) is 0 Å². The number of hydrogen-bond donors (Lipinski definition) is 2. The Kier molecular flexibility index (Phi) is 3.84. The molecule has 0 aliphatic rings. The van der Waals surface area contributed by atoms with Gasteiger partial charge in [0.15, 0.2) is 0 Å². The van der Waals surface area contributed by atoms with Crippen LogP contribution in [-0.2, 0) is 9.59 Å². The lowest BCUT2D eigenvalue weighted by Crippen LogP contribution is -2.43. The van der Waals surface area contributed by atoms with E-state index in [0.717, 1.165) is 0 Å². The van der Waals surface area contributed by atoms with Gasteiger partial charge in [-0.15, -0.1) is 6.42 Å². The van der Waals surface area contributed by atoms with E-state index in [4.69, 9.17) is 11.5 Å². The number of carboxylic acid groups (broad SMARTS) is 1. The Morgan fingerprint density at radius 2 is 2.00 bits per heavy atom. The molecule has 0 fully saturated rings. The first kappa shape index (κ1) is 10.5. The van der Waals surface area contributed by atoms with Crippen LogP contribution in [0.15, 0.2) is 0 Å². The van der Waals surface area contributed by atoms with Crippen molar-refractivity contribution in [1.29, 1.82) is 0 Å². The highest BCUT2D eigenvalue weighted by Gasteiger charge is 2.22. The molecule has 0 spiro atoms. The van der Waals surface area contributed by atoms with Gasteiger partial charge in [0.2, 0.25) is 0 Å². The molecule has 4 nitrogen and oxygen atoms in total. The van der Waals surface area contributed by atoms with E-state index in [2.05, 4.69) is 5.32 Å². The molecular formula is C8H11NO3. The molecular weight excluding hydrogens is 158 g/mol. The van der Waals surface area contributed by atoms with Gasteiger partial charge in [-0.3, -0.25) is 4.79 Å². The highest BCUT2D eigenvalue weighted by atomic mass is 16.4. The summed E-state index contributed by atoms with van der Waals surface area (Å²) in [5.41, 5.74) is 0. The summed E-state index contributed by atoms with van der Waals surface area (Å²) in [6, 6.07) is -0.909. The lowest BCUT2D eigenvalue weighted by molar-refractivity contribution is -0.142. The van der Waals surface area contributed by atoms with Gasteiger partial charge in [-0.25, -0.2) is 4.79 Å². The highest BCUT2D eigenvalue weighted by molar-refractivity contribution is 5.95. The Morgan fingerprint density at radius 3 is 2.25 bits per heavy atom. The molecule has 2 N–H and O–H groups in total. The largest absolute Gasteiger partial charge is 0.480 e. The number of rotatable bonds is 3. The molecule has 0 aromatic heterocycles. The number of carbonyl (C=O) groups excluding carboxylic acids is 1. The number of aliphatic carboxylic acids is 1. The van der Waals surface area contributed by atoms with Crippen molar-refractivity contribution in [2.24, 2.45) is 5.92 Å². The summed E-state index contributed by atoms with van der Waals surface area (Å²) in [6.07, 6.45) is 4.77. The zero-order chi connectivity index (χ0) is 9.72. The zero-order valence-electron chi connectivity index (χ0n) is 7.00. The second kappa shape index (κ2) is 4.39. The van der Waals surface area contributed by atoms with Crippen molar-refractivity contribution in [3.63, 3.8) is 0 Å². The Hall–Kier alpha value is -1.50. The Balaban J connectivity index is 4.26. The first-order valence-corrected chi connectivity index (χ1v) is 3.49. The van der Waals surface area contributed by atoms with E-state index in [1.807, 2.05) is 0 Å². The van der Waals surface area contributed by atoms with Crippen LogP contribution < -0.4 is 5.32 Å². The predicted octanol–water partition coefficient (Wildman–Crippen LogP) is -0.155. The Morgan fingerprint density at radius 1 is 1.50 bits per heavy atom. The van der Waals surface area contributed by atoms with E-state index in [1.54, 1.807) is 19.8 Å². The van der Waals surface area contributed by atoms with Crippen LogP contribution in [0, 0.1) is 18.3 Å². The second-order valence-electron chi connectivity index (χ2n) is 2.68. The van der Waals surface area contributed by atoms with Gasteiger partial charge in [-0.05, 0) is 11.8 Å². The van der Waals surface area contributed by atoms with Crippen LogP contribution >= 0.6 is 0 Å². The molecule has 12 heavy (non-hydrogen) atoms. The number of carboxylic acids is 1. The fraction of sp³-hybridized carbons (Fsp3) is 0.500. The van der Waals surface area contributed by atoms with Crippen LogP contribution in [0.3, 0.4) is 0 Å². The van der Waals surface area contributed by atoms with Gasteiger partial charge in [0.05, 0.1) is 0 Å². The summed E-state index contributed by atoms with van der Waals surface area (Å²) in [4.78, 5) is 21.1. The van der Waals surface area contributed by atoms with Crippen molar-refractivity contribution in [3.05, 3.63) is 0 Å². The van der Waals surface area contributed by atoms with E-state index in [1.165, 1.54) is 0 Å². The maximum absolute atomic E-state index is 10.6. The van der Waals surface area contributed by atoms with Crippen molar-refractivity contribution in [3.8, 4) is 12.3 Å². The van der Waals surface area contributed by atoms with Gasteiger partial charge >= 0.3 is 5.97 Å². The minimum atomic E-state index is -1.08. The third-order valence-corrected chi connectivity index (χ3v) is 1.35. The summed E-state index contributed by atoms with van der Waals surface area (Å²) in [6.45, 7) is 3.38. The van der Waals surface area contributed by atoms with Crippen LogP contribution in [0.25, 0.3) is 0 Å². The van der Waals surface area contributed by atoms with E-state index < -0.39 is 17.9 Å². The third-order valence-electron chi connectivity index (χ3n) is 1.35. The minimum Gasteiger partial charge on any atom is -0.480 e. The maximum Gasteiger partial charge on any atom is 0.326 e. The topological polar surface area (TPSA) is 66.4 Å². The molecule has 4 heteroatoms. The average Bonchev–Trinajstić information content (AvgIpc) is 1.98. The number of hydrogen-bond acceptors (Lipinski definition) is 2. The van der Waals surface area contributed by atoms with Crippen LogP contribution in [0.4, 0.5) is 0 Å². The molecule has 0 radical (unpaired) electrons. The molecule has 0 heterocycles. The molecule has 1 atom stereocenters. The van der Waals surface area contributed by atoms with Crippen molar-refractivity contribution in [2.45, 2.75) is 19.9 Å². The maximum atomic E-state index is 10.6. The lowest BCUT2D eigenvalue weighted by Gasteiger charge is -2.15. The molecule has 0 aliphatic heterocycles. The monoisotopic (exact) mass is 169 g/mol. The van der Waals surface area contributed by atoms with E-state index >= 15 is 0 Å². The predicted molar refractivity (Wildman–Crippen MR) is 43.2 cm³/mol. The van der Waals surface area contributed by atoms with Gasteiger partial charge < -0.3 is 10.4 Å². The Labute approximate surface area is 71.0 Å². The molecule has 0 aliphatic carbocycles. The SMILES string of the molecule is C#CC(=O)N[C@H](C(=O)O)C(C)C. The second-order valence-corrected chi connectivity index (χ2v) is 2.68. The number of amides is 1. The summed E-state index contributed by atoms with van der Waals surface area (Å²) >= 11 is 0. The van der Waals surface area contributed by atoms with Crippen molar-refractivity contribution in [2.75, 3.05) is 0 Å². The molecule has 66 valence electrons. The van der Waals surface area contributed by atoms with Gasteiger partial charge in [-0.1, -0.05) is 13.8 Å². The van der Waals surface area contributed by atoms with E-state index in [0.29, 0.717) is 0 Å². The highest BCUT2D eigenvalue weighted by Crippen LogP contribution is 2.00. The summed E-state index contributed by atoms with van der Waals surface area (Å²) < 4.78 is 0. The smallest absolute Gasteiger partial charge is 0.326 e. The van der Waals surface area contributed by atoms with E-state index in [9.17, 15) is 9.59 Å². The quantitative estimate of drug-likeness (QED) is 0.577. The molecule has 1 amide bonds. The normalized spacial score (nSPS) is 11.8. The molecule has 0 aromatic rings. The summed E-state index contributed by atoms with van der Waals surface area (Å²) in [5, 5.41) is 10.8. The number of nitrogens with one attached hydrogen (secondary N) is 1. The lowest BCUT2D eigenvalue weighted by atomic mass is 10.1. The van der Waals surface area contributed by atoms with Gasteiger partial charge in [0.25, 0.3) is 5.91 Å². The van der Waals surface area contributed by atoms with Gasteiger partial charge in [0, 0.05) is 0 Å². The molecule has 0 saturated heterocycles. The number of carbonyl (C=O) groups is 2. The van der Waals surface area contributed by atoms with E-state index in [-0.39, 0.29) is 5.92 Å². The number of terminal acetylenes is 1. The standard InChI is InChI=1S/C8H11NO3/c1-4-6(10)9-7(5(2)3)8(11)12/h1,5,7H,2-3H3,(H,9,10)(H,11,12)/t7-/m0/s1. The first-order chi connectivity index (χ1) is 5.49. The van der Waals surface area contributed by atoms with Gasteiger partial charge in [-0.2, -0.15) is 0 Å². The molecule has 0 unspecified atom stereocenters. The average molecular weight is 169 g/mol. The summed E-state index contributed by atoms with van der Waals surface area (Å²) in [7, 11) is 0. The fourth-order valence-electron chi connectivity index (χ4n) is 0.696. The molecule has 0 bridgehead atoms. The zero-order valence-corrected chi connectivity index (χ0v) is 7.00. The first-order valence-electron chi connectivity index (χ1n) is 3.49. The molecule has 0 aromatic carbocycles. The van der Waals surface area contributed by atoms with Gasteiger partial charge in [0.1, 0.15) is 6.04 Å². The Bertz CT molecular complexity index is 227. The van der Waals surface area contributed by atoms with Crippen LogP contribution in [0.1, 0.15) is 13.8 Å².